The zero-order valence-corrected chi connectivity index (χ0v) is 14.2. The van der Waals surface area contributed by atoms with E-state index in [1.165, 1.54) is 4.90 Å². The predicted molar refractivity (Wildman–Crippen MR) is 84.8 cm³/mol. The highest BCUT2D eigenvalue weighted by Crippen LogP contribution is 2.39. The molecule has 0 aromatic carbocycles. The Bertz CT molecular complexity index is 650. The molecule has 1 aliphatic carbocycles. The monoisotopic (exact) mass is 357 g/mol. The third-order valence-electron chi connectivity index (χ3n) is 5.42. The van der Waals surface area contributed by atoms with Crippen molar-refractivity contribution in [2.45, 2.75) is 31.2 Å². The van der Waals surface area contributed by atoms with Crippen LogP contribution in [-0.4, -0.2) is 65.1 Å². The van der Waals surface area contributed by atoms with E-state index in [0.29, 0.717) is 19.5 Å². The summed E-state index contributed by atoms with van der Waals surface area (Å²) in [5.41, 5.74) is -1.35. The first-order chi connectivity index (χ1) is 11.7. The molecule has 0 bridgehead atoms. The van der Waals surface area contributed by atoms with Crippen molar-refractivity contribution in [2.24, 2.45) is 11.8 Å². The molecule has 2 aliphatic rings. The van der Waals surface area contributed by atoms with E-state index in [-0.39, 0.29) is 17.9 Å². The Balaban J connectivity index is 1.78. The summed E-state index contributed by atoms with van der Waals surface area (Å²) in [6.07, 6.45) is -1.73. The Hall–Kier alpha value is -1.67. The molecule has 1 aromatic heterocycles. The number of carbonyl (C=O) groups excluding carboxylic acids is 1. The van der Waals surface area contributed by atoms with Gasteiger partial charge in [0.25, 0.3) is 5.91 Å². The summed E-state index contributed by atoms with van der Waals surface area (Å²) >= 11 is 0. The van der Waals surface area contributed by atoms with Gasteiger partial charge >= 0.3 is 6.18 Å². The minimum absolute atomic E-state index is 0.0143. The number of aliphatic hydroxyl groups excluding tert-OH is 1. The van der Waals surface area contributed by atoms with Gasteiger partial charge in [-0.3, -0.25) is 9.78 Å². The molecular formula is C17H22F3N3O2. The Morgan fingerprint density at radius 3 is 2.52 bits per heavy atom. The summed E-state index contributed by atoms with van der Waals surface area (Å²) in [6.45, 7) is 0.805. The average molecular weight is 357 g/mol. The van der Waals surface area contributed by atoms with E-state index in [0.717, 1.165) is 24.9 Å². The number of amides is 1. The second kappa shape index (κ2) is 6.57. The molecule has 1 aliphatic heterocycles. The molecule has 138 valence electrons. The molecule has 1 saturated carbocycles. The van der Waals surface area contributed by atoms with Crippen molar-refractivity contribution in [2.75, 3.05) is 27.2 Å². The van der Waals surface area contributed by atoms with Crippen LogP contribution in [0, 0.1) is 11.8 Å². The van der Waals surface area contributed by atoms with Gasteiger partial charge in [0.15, 0.2) is 0 Å². The number of nitrogens with zero attached hydrogens (tertiary/aromatic N) is 3. The molecule has 5 nitrogen and oxygen atoms in total. The standard InChI is InChI=1S/C17H22F3N3O2/c1-22(2)14-5-10-8-23(9-11(10)6-15(14)24)16(25)12-7-21-4-3-13(12)17(18,19)20/h3-4,7,10-11,14-15,24H,5-6,8-9H2,1-2H3/t10-,11+,14-,15-/m1/s1. The Labute approximate surface area is 144 Å². The minimum Gasteiger partial charge on any atom is -0.391 e. The van der Waals surface area contributed by atoms with Crippen LogP contribution in [0.4, 0.5) is 13.2 Å². The summed E-state index contributed by atoms with van der Waals surface area (Å²) < 4.78 is 39.4. The number of fused-ring (bicyclic) bond motifs is 1. The van der Waals surface area contributed by atoms with Crippen molar-refractivity contribution in [3.63, 3.8) is 0 Å². The highest BCUT2D eigenvalue weighted by atomic mass is 19.4. The van der Waals surface area contributed by atoms with Crippen LogP contribution in [0.1, 0.15) is 28.8 Å². The van der Waals surface area contributed by atoms with E-state index in [4.69, 9.17) is 0 Å². The lowest BCUT2D eigenvalue weighted by Crippen LogP contribution is -2.46. The van der Waals surface area contributed by atoms with Gasteiger partial charge in [-0.05, 0) is 44.8 Å². The minimum atomic E-state index is -4.59. The third-order valence-corrected chi connectivity index (χ3v) is 5.42. The molecule has 1 N–H and O–H groups in total. The number of carbonyl (C=O) groups is 1. The van der Waals surface area contributed by atoms with Crippen LogP contribution in [0.25, 0.3) is 0 Å². The van der Waals surface area contributed by atoms with E-state index in [2.05, 4.69) is 4.98 Å². The first kappa shape index (κ1) is 18.1. The maximum Gasteiger partial charge on any atom is 0.417 e. The maximum atomic E-state index is 13.1. The number of alkyl halides is 3. The first-order valence-corrected chi connectivity index (χ1v) is 8.33. The molecule has 1 saturated heterocycles. The quantitative estimate of drug-likeness (QED) is 0.878. The summed E-state index contributed by atoms with van der Waals surface area (Å²) in [6, 6.07) is 0.850. The number of aromatic nitrogens is 1. The van der Waals surface area contributed by atoms with Crippen LogP contribution < -0.4 is 0 Å². The van der Waals surface area contributed by atoms with Crippen molar-refractivity contribution in [3.8, 4) is 0 Å². The number of likely N-dealkylation sites (tertiary alicyclic amines) is 1. The number of aliphatic hydroxyl groups is 1. The van der Waals surface area contributed by atoms with Gasteiger partial charge in [-0.15, -0.1) is 0 Å². The molecule has 0 radical (unpaired) electrons. The predicted octanol–water partition coefficient (Wildman–Crippen LogP) is 1.87. The average Bonchev–Trinajstić information content (AvgIpc) is 2.95. The van der Waals surface area contributed by atoms with E-state index in [9.17, 15) is 23.1 Å². The van der Waals surface area contributed by atoms with E-state index >= 15 is 0 Å². The Morgan fingerprint density at radius 1 is 1.28 bits per heavy atom. The van der Waals surface area contributed by atoms with Crippen molar-refractivity contribution >= 4 is 5.91 Å². The van der Waals surface area contributed by atoms with Crippen molar-refractivity contribution in [3.05, 3.63) is 29.6 Å². The van der Waals surface area contributed by atoms with Crippen LogP contribution in [0.15, 0.2) is 18.5 Å². The fraction of sp³-hybridized carbons (Fsp3) is 0.647. The number of halogens is 3. The van der Waals surface area contributed by atoms with Gasteiger partial charge in [0, 0.05) is 31.5 Å². The van der Waals surface area contributed by atoms with Gasteiger partial charge in [-0.2, -0.15) is 13.2 Å². The van der Waals surface area contributed by atoms with Gasteiger partial charge in [-0.25, -0.2) is 0 Å². The fourth-order valence-electron chi connectivity index (χ4n) is 4.11. The molecule has 25 heavy (non-hydrogen) atoms. The lowest BCUT2D eigenvalue weighted by Gasteiger charge is -2.38. The molecule has 1 amide bonds. The van der Waals surface area contributed by atoms with Gasteiger partial charge in [0.1, 0.15) is 0 Å². The van der Waals surface area contributed by atoms with E-state index in [1.807, 2.05) is 19.0 Å². The zero-order chi connectivity index (χ0) is 18.4. The molecule has 3 rings (SSSR count). The fourth-order valence-corrected chi connectivity index (χ4v) is 4.11. The van der Waals surface area contributed by atoms with Crippen molar-refractivity contribution < 1.29 is 23.1 Å². The Kier molecular flexibility index (Phi) is 4.76. The summed E-state index contributed by atoms with van der Waals surface area (Å²) in [4.78, 5) is 19.8. The lowest BCUT2D eigenvalue weighted by atomic mass is 9.77. The normalized spacial score (nSPS) is 29.8. The number of rotatable bonds is 2. The number of hydrogen-bond donors (Lipinski definition) is 1. The van der Waals surface area contributed by atoms with Crippen LogP contribution in [0.3, 0.4) is 0 Å². The molecule has 8 heteroatoms. The number of likely N-dealkylation sites (N-methyl/N-ethyl adjacent to an activating group) is 1. The van der Waals surface area contributed by atoms with Crippen molar-refractivity contribution in [1.82, 2.24) is 14.8 Å². The van der Waals surface area contributed by atoms with Crippen LogP contribution >= 0.6 is 0 Å². The highest BCUT2D eigenvalue weighted by Gasteiger charge is 2.45. The van der Waals surface area contributed by atoms with E-state index in [1.54, 1.807) is 0 Å². The second-order valence-corrected chi connectivity index (χ2v) is 7.22. The maximum absolute atomic E-state index is 13.1. The van der Waals surface area contributed by atoms with E-state index < -0.39 is 29.3 Å². The summed E-state index contributed by atoms with van der Waals surface area (Å²) in [5, 5.41) is 10.3. The molecular weight excluding hydrogens is 335 g/mol. The number of hydrogen-bond acceptors (Lipinski definition) is 4. The van der Waals surface area contributed by atoms with Crippen LogP contribution in [0.2, 0.25) is 0 Å². The molecule has 1 aromatic rings. The molecule has 0 spiro atoms. The molecule has 0 unspecified atom stereocenters. The molecule has 2 fully saturated rings. The van der Waals surface area contributed by atoms with Crippen molar-refractivity contribution in [1.29, 1.82) is 0 Å². The summed E-state index contributed by atoms with van der Waals surface area (Å²) in [5.74, 6) is -0.308. The first-order valence-electron chi connectivity index (χ1n) is 8.33. The SMILES string of the molecule is CN(C)[C@@H]1C[C@@H]2CN(C(=O)c3cnccc3C(F)(F)F)C[C@@H]2C[C@H]1O. The highest BCUT2D eigenvalue weighted by molar-refractivity contribution is 5.95. The van der Waals surface area contributed by atoms with Crippen LogP contribution in [-0.2, 0) is 6.18 Å². The smallest absolute Gasteiger partial charge is 0.391 e. The topological polar surface area (TPSA) is 56.7 Å². The lowest BCUT2D eigenvalue weighted by molar-refractivity contribution is -0.138. The van der Waals surface area contributed by atoms with Gasteiger partial charge in [-0.1, -0.05) is 0 Å². The van der Waals surface area contributed by atoms with Gasteiger partial charge in [0.2, 0.25) is 0 Å². The zero-order valence-electron chi connectivity index (χ0n) is 14.2. The largest absolute Gasteiger partial charge is 0.417 e. The summed E-state index contributed by atoms with van der Waals surface area (Å²) in [7, 11) is 3.80. The van der Waals surface area contributed by atoms with Crippen LogP contribution in [0.5, 0.6) is 0 Å². The number of pyridine rings is 1. The second-order valence-electron chi connectivity index (χ2n) is 7.22. The van der Waals surface area contributed by atoms with Gasteiger partial charge < -0.3 is 14.9 Å². The Morgan fingerprint density at radius 2 is 1.92 bits per heavy atom. The van der Waals surface area contributed by atoms with Gasteiger partial charge in [0.05, 0.1) is 17.2 Å². The third kappa shape index (κ3) is 3.50. The molecule has 2 heterocycles. The molecule has 4 atom stereocenters.